The summed E-state index contributed by atoms with van der Waals surface area (Å²) in [6.45, 7) is 5.37. The summed E-state index contributed by atoms with van der Waals surface area (Å²) in [7, 11) is 0. The fourth-order valence-electron chi connectivity index (χ4n) is 2.38. The Morgan fingerprint density at radius 2 is 2.07 bits per heavy atom. The van der Waals surface area contributed by atoms with Crippen LogP contribution in [0, 0.1) is 17.8 Å². The lowest BCUT2D eigenvalue weighted by Crippen LogP contribution is -2.28. The molecule has 0 radical (unpaired) electrons. The van der Waals surface area contributed by atoms with Crippen molar-refractivity contribution in [3.8, 4) is 0 Å². The SMILES string of the molecule is CC1CCC(COCC(O)CO)C(C)C1. The summed E-state index contributed by atoms with van der Waals surface area (Å²) in [5.41, 5.74) is 0. The number of hydrogen-bond acceptors (Lipinski definition) is 3. The second kappa shape index (κ2) is 6.46. The van der Waals surface area contributed by atoms with Gasteiger partial charge in [0.15, 0.2) is 0 Å². The molecule has 0 heterocycles. The van der Waals surface area contributed by atoms with Gasteiger partial charge in [-0.1, -0.05) is 20.3 Å². The quantitative estimate of drug-likeness (QED) is 0.731. The van der Waals surface area contributed by atoms with Gasteiger partial charge in [-0.2, -0.15) is 0 Å². The molecule has 3 nitrogen and oxygen atoms in total. The first kappa shape index (κ1) is 12.9. The number of aliphatic hydroxyl groups is 2. The van der Waals surface area contributed by atoms with Crippen molar-refractivity contribution in [3.05, 3.63) is 0 Å². The highest BCUT2D eigenvalue weighted by molar-refractivity contribution is 4.75. The van der Waals surface area contributed by atoms with Crippen LogP contribution in [0.15, 0.2) is 0 Å². The minimum atomic E-state index is -0.720. The largest absolute Gasteiger partial charge is 0.394 e. The molecule has 0 aromatic heterocycles. The first-order chi connectivity index (χ1) is 7.13. The highest BCUT2D eigenvalue weighted by atomic mass is 16.5. The molecule has 0 aromatic carbocycles. The first-order valence-corrected chi connectivity index (χ1v) is 6.00. The van der Waals surface area contributed by atoms with Crippen LogP contribution in [0.4, 0.5) is 0 Å². The Bertz CT molecular complexity index is 172. The van der Waals surface area contributed by atoms with E-state index >= 15 is 0 Å². The van der Waals surface area contributed by atoms with E-state index in [2.05, 4.69) is 13.8 Å². The maximum atomic E-state index is 9.12. The topological polar surface area (TPSA) is 49.7 Å². The van der Waals surface area contributed by atoms with Gasteiger partial charge in [0.2, 0.25) is 0 Å². The molecule has 1 aliphatic rings. The summed E-state index contributed by atoms with van der Waals surface area (Å²) < 4.78 is 5.42. The number of hydrogen-bond donors (Lipinski definition) is 2. The summed E-state index contributed by atoms with van der Waals surface area (Å²) in [6.07, 6.45) is 3.09. The summed E-state index contributed by atoms with van der Waals surface area (Å²) in [5, 5.41) is 17.7. The van der Waals surface area contributed by atoms with E-state index in [1.165, 1.54) is 19.3 Å². The molecule has 0 amide bonds. The molecule has 4 unspecified atom stereocenters. The summed E-state index contributed by atoms with van der Waals surface area (Å²) in [4.78, 5) is 0. The smallest absolute Gasteiger partial charge is 0.100 e. The van der Waals surface area contributed by atoms with Crippen molar-refractivity contribution in [2.45, 2.75) is 39.2 Å². The molecule has 0 bridgehead atoms. The molecule has 3 heteroatoms. The fraction of sp³-hybridized carbons (Fsp3) is 1.00. The molecule has 0 aliphatic heterocycles. The molecule has 90 valence electrons. The molecule has 1 rings (SSSR count). The third kappa shape index (κ3) is 4.49. The van der Waals surface area contributed by atoms with E-state index in [1.807, 2.05) is 0 Å². The van der Waals surface area contributed by atoms with Gasteiger partial charge in [0, 0.05) is 6.61 Å². The van der Waals surface area contributed by atoms with Crippen molar-refractivity contribution in [3.63, 3.8) is 0 Å². The van der Waals surface area contributed by atoms with Gasteiger partial charge in [-0.3, -0.25) is 0 Å². The normalized spacial score (nSPS) is 34.0. The molecule has 15 heavy (non-hydrogen) atoms. The second-order valence-corrected chi connectivity index (χ2v) is 5.03. The average Bonchev–Trinajstić information content (AvgIpc) is 2.21. The molecule has 1 aliphatic carbocycles. The van der Waals surface area contributed by atoms with Crippen LogP contribution in [0.5, 0.6) is 0 Å². The van der Waals surface area contributed by atoms with Crippen LogP contribution < -0.4 is 0 Å². The molecule has 0 saturated heterocycles. The van der Waals surface area contributed by atoms with Crippen molar-refractivity contribution in [1.29, 1.82) is 0 Å². The highest BCUT2D eigenvalue weighted by Gasteiger charge is 2.25. The zero-order valence-corrected chi connectivity index (χ0v) is 9.85. The number of rotatable bonds is 5. The van der Waals surface area contributed by atoms with E-state index in [-0.39, 0.29) is 13.2 Å². The van der Waals surface area contributed by atoms with Crippen molar-refractivity contribution in [1.82, 2.24) is 0 Å². The molecule has 0 spiro atoms. The molecular formula is C12H24O3. The Morgan fingerprint density at radius 3 is 2.67 bits per heavy atom. The van der Waals surface area contributed by atoms with Crippen LogP contribution in [0.2, 0.25) is 0 Å². The molecule has 1 fully saturated rings. The maximum Gasteiger partial charge on any atom is 0.100 e. The van der Waals surface area contributed by atoms with Crippen LogP contribution in [0.3, 0.4) is 0 Å². The molecule has 0 aromatic rings. The fourth-order valence-corrected chi connectivity index (χ4v) is 2.38. The van der Waals surface area contributed by atoms with Gasteiger partial charge in [-0.25, -0.2) is 0 Å². The van der Waals surface area contributed by atoms with E-state index in [0.717, 1.165) is 18.4 Å². The maximum absolute atomic E-state index is 9.12. The van der Waals surface area contributed by atoms with Gasteiger partial charge >= 0.3 is 0 Å². The van der Waals surface area contributed by atoms with Crippen LogP contribution in [-0.2, 0) is 4.74 Å². The third-order valence-corrected chi connectivity index (χ3v) is 3.46. The lowest BCUT2D eigenvalue weighted by Gasteiger charge is -2.32. The third-order valence-electron chi connectivity index (χ3n) is 3.46. The standard InChI is InChI=1S/C12H24O3/c1-9-3-4-11(10(2)5-9)7-15-8-12(14)6-13/h9-14H,3-8H2,1-2H3. The number of aliphatic hydroxyl groups excluding tert-OH is 2. The lowest BCUT2D eigenvalue weighted by atomic mass is 9.76. The Kier molecular flexibility index (Phi) is 5.58. The predicted octanol–water partition coefficient (Wildman–Crippen LogP) is 1.43. The predicted molar refractivity (Wildman–Crippen MR) is 59.6 cm³/mol. The van der Waals surface area contributed by atoms with Crippen LogP contribution in [-0.4, -0.2) is 36.1 Å². The van der Waals surface area contributed by atoms with Gasteiger partial charge in [0.25, 0.3) is 0 Å². The lowest BCUT2D eigenvalue weighted by molar-refractivity contribution is -0.0175. The van der Waals surface area contributed by atoms with Gasteiger partial charge in [0.05, 0.1) is 13.2 Å². The van der Waals surface area contributed by atoms with Gasteiger partial charge in [-0.15, -0.1) is 0 Å². The van der Waals surface area contributed by atoms with Crippen LogP contribution in [0.25, 0.3) is 0 Å². The van der Waals surface area contributed by atoms with Crippen LogP contribution in [0.1, 0.15) is 33.1 Å². The van der Waals surface area contributed by atoms with Crippen molar-refractivity contribution < 1.29 is 14.9 Å². The van der Waals surface area contributed by atoms with Gasteiger partial charge in [0.1, 0.15) is 6.10 Å². The van der Waals surface area contributed by atoms with Crippen molar-refractivity contribution >= 4 is 0 Å². The monoisotopic (exact) mass is 216 g/mol. The van der Waals surface area contributed by atoms with Crippen LogP contribution >= 0.6 is 0 Å². The Hall–Kier alpha value is -0.120. The summed E-state index contributed by atoms with van der Waals surface area (Å²) in [6, 6.07) is 0. The van der Waals surface area contributed by atoms with Gasteiger partial charge < -0.3 is 14.9 Å². The molecule has 4 atom stereocenters. The van der Waals surface area contributed by atoms with Crippen molar-refractivity contribution in [2.75, 3.05) is 19.8 Å². The Balaban J connectivity index is 2.15. The first-order valence-electron chi connectivity index (χ1n) is 6.00. The van der Waals surface area contributed by atoms with E-state index in [0.29, 0.717) is 5.92 Å². The Morgan fingerprint density at radius 1 is 1.33 bits per heavy atom. The van der Waals surface area contributed by atoms with E-state index in [9.17, 15) is 0 Å². The van der Waals surface area contributed by atoms with E-state index < -0.39 is 6.10 Å². The Labute approximate surface area is 92.4 Å². The summed E-state index contributed by atoms with van der Waals surface area (Å²) in [5.74, 6) is 2.20. The van der Waals surface area contributed by atoms with E-state index in [1.54, 1.807) is 0 Å². The molecule has 2 N–H and O–H groups in total. The van der Waals surface area contributed by atoms with Gasteiger partial charge in [-0.05, 0) is 30.6 Å². The highest BCUT2D eigenvalue weighted by Crippen LogP contribution is 2.33. The zero-order chi connectivity index (χ0) is 11.3. The molecular weight excluding hydrogens is 192 g/mol. The second-order valence-electron chi connectivity index (χ2n) is 5.03. The minimum absolute atomic E-state index is 0.211. The zero-order valence-electron chi connectivity index (χ0n) is 9.85. The van der Waals surface area contributed by atoms with Crippen molar-refractivity contribution in [2.24, 2.45) is 17.8 Å². The molecule has 1 saturated carbocycles. The number of ether oxygens (including phenoxy) is 1. The summed E-state index contributed by atoms with van der Waals surface area (Å²) >= 11 is 0. The van der Waals surface area contributed by atoms with E-state index in [4.69, 9.17) is 14.9 Å². The average molecular weight is 216 g/mol. The minimum Gasteiger partial charge on any atom is -0.394 e.